The topological polar surface area (TPSA) is 105 Å². The second-order valence-corrected chi connectivity index (χ2v) is 5.39. The molecule has 0 radical (unpaired) electrons. The largest absolute Gasteiger partial charge is 0.369 e. The Morgan fingerprint density at radius 2 is 2.10 bits per heavy atom. The summed E-state index contributed by atoms with van der Waals surface area (Å²) in [6, 6.07) is 0. The zero-order chi connectivity index (χ0) is 13.8. The van der Waals surface area contributed by atoms with Crippen molar-refractivity contribution < 1.29 is 0 Å². The Balaban J connectivity index is 1.65. The average Bonchev–Trinajstić information content (AvgIpc) is 2.96. The molecule has 0 aliphatic heterocycles. The summed E-state index contributed by atoms with van der Waals surface area (Å²) in [4.78, 5) is 8.56. The molecule has 0 aromatic carbocycles. The van der Waals surface area contributed by atoms with Crippen molar-refractivity contribution in [3.8, 4) is 0 Å². The van der Waals surface area contributed by atoms with E-state index in [-0.39, 0.29) is 0 Å². The average molecular weight is 275 g/mol. The van der Waals surface area contributed by atoms with E-state index in [9.17, 15) is 0 Å². The summed E-state index contributed by atoms with van der Waals surface area (Å²) < 4.78 is 0. The number of anilines is 2. The van der Waals surface area contributed by atoms with E-state index in [1.807, 2.05) is 0 Å². The minimum absolute atomic E-state index is 0.391. The molecule has 108 valence electrons. The van der Waals surface area contributed by atoms with Crippen LogP contribution in [0, 0.1) is 5.92 Å². The van der Waals surface area contributed by atoms with Crippen LogP contribution in [0.1, 0.15) is 38.5 Å². The molecule has 7 nitrogen and oxygen atoms in total. The van der Waals surface area contributed by atoms with Crippen molar-refractivity contribution in [2.45, 2.75) is 38.5 Å². The molecule has 20 heavy (non-hydrogen) atoms. The fourth-order valence-electron chi connectivity index (χ4n) is 2.90. The number of nitrogens with zero attached hydrogens (tertiary/aromatic N) is 3. The van der Waals surface area contributed by atoms with Crippen LogP contribution in [0.3, 0.4) is 0 Å². The van der Waals surface area contributed by atoms with Crippen molar-refractivity contribution in [3.63, 3.8) is 0 Å². The van der Waals surface area contributed by atoms with Gasteiger partial charge in [0.05, 0.1) is 11.6 Å². The summed E-state index contributed by atoms with van der Waals surface area (Å²) >= 11 is 0. The number of nitrogens with one attached hydrogen (secondary N) is 3. The summed E-state index contributed by atoms with van der Waals surface area (Å²) in [7, 11) is 0. The van der Waals surface area contributed by atoms with Crippen LogP contribution in [0.2, 0.25) is 0 Å². The number of hydrogen-bond donors (Lipinski definition) is 4. The fourth-order valence-corrected chi connectivity index (χ4v) is 2.90. The lowest BCUT2D eigenvalue weighted by Crippen LogP contribution is -2.15. The lowest BCUT2D eigenvalue weighted by molar-refractivity contribution is 0.345. The SMILES string of the molecule is NNc1nc(NCCC2CCCCC2)c2cn[nH]c2n1. The van der Waals surface area contributed by atoms with Crippen molar-refractivity contribution in [1.29, 1.82) is 0 Å². The maximum absolute atomic E-state index is 5.39. The van der Waals surface area contributed by atoms with E-state index in [4.69, 9.17) is 5.84 Å². The highest BCUT2D eigenvalue weighted by molar-refractivity contribution is 5.86. The normalized spacial score (nSPS) is 16.4. The van der Waals surface area contributed by atoms with Crippen LogP contribution in [-0.2, 0) is 0 Å². The van der Waals surface area contributed by atoms with Gasteiger partial charge in [-0.05, 0) is 12.3 Å². The molecule has 0 spiro atoms. The molecule has 7 heteroatoms. The van der Waals surface area contributed by atoms with Gasteiger partial charge in [-0.1, -0.05) is 32.1 Å². The second kappa shape index (κ2) is 6.04. The molecule has 2 heterocycles. The van der Waals surface area contributed by atoms with Crippen molar-refractivity contribution >= 4 is 22.8 Å². The molecule has 0 atom stereocenters. The highest BCUT2D eigenvalue weighted by Gasteiger charge is 2.14. The first-order valence-corrected chi connectivity index (χ1v) is 7.28. The van der Waals surface area contributed by atoms with E-state index < -0.39 is 0 Å². The van der Waals surface area contributed by atoms with E-state index in [2.05, 4.69) is 30.9 Å². The van der Waals surface area contributed by atoms with Gasteiger partial charge in [-0.2, -0.15) is 15.1 Å². The highest BCUT2D eigenvalue weighted by Crippen LogP contribution is 2.26. The van der Waals surface area contributed by atoms with Gasteiger partial charge in [-0.15, -0.1) is 0 Å². The minimum atomic E-state index is 0.391. The molecule has 1 fully saturated rings. The number of nitrogens with two attached hydrogens (primary N) is 1. The van der Waals surface area contributed by atoms with Crippen LogP contribution in [0.25, 0.3) is 11.0 Å². The van der Waals surface area contributed by atoms with Gasteiger partial charge >= 0.3 is 0 Å². The van der Waals surface area contributed by atoms with Crippen LogP contribution in [-0.4, -0.2) is 26.7 Å². The van der Waals surface area contributed by atoms with Crippen LogP contribution in [0.5, 0.6) is 0 Å². The van der Waals surface area contributed by atoms with E-state index >= 15 is 0 Å². The third-order valence-corrected chi connectivity index (χ3v) is 4.01. The molecule has 3 rings (SSSR count). The van der Waals surface area contributed by atoms with E-state index in [1.54, 1.807) is 6.20 Å². The number of nitrogen functional groups attached to an aromatic ring is 1. The van der Waals surface area contributed by atoms with Gasteiger partial charge in [-0.25, -0.2) is 5.84 Å². The Kier molecular flexibility index (Phi) is 3.96. The van der Waals surface area contributed by atoms with Crippen LogP contribution < -0.4 is 16.6 Å². The number of hydrogen-bond acceptors (Lipinski definition) is 6. The van der Waals surface area contributed by atoms with E-state index in [0.29, 0.717) is 11.6 Å². The smallest absolute Gasteiger partial charge is 0.241 e. The standard InChI is InChI=1S/C13H21N7/c14-19-13-17-11(10-8-16-20-12(10)18-13)15-7-6-9-4-2-1-3-5-9/h8-9H,1-7,14H2,(H3,15,16,17,18,19,20). The maximum atomic E-state index is 5.39. The molecule has 2 aromatic heterocycles. The number of rotatable bonds is 5. The molecule has 5 N–H and O–H groups in total. The molecule has 1 aliphatic rings. The Morgan fingerprint density at radius 1 is 1.25 bits per heavy atom. The minimum Gasteiger partial charge on any atom is -0.369 e. The fraction of sp³-hybridized carbons (Fsp3) is 0.615. The van der Waals surface area contributed by atoms with Crippen LogP contribution in [0.15, 0.2) is 6.20 Å². The van der Waals surface area contributed by atoms with E-state index in [0.717, 1.165) is 23.7 Å². The molecule has 1 aliphatic carbocycles. The molecule has 0 unspecified atom stereocenters. The number of aromatic amines is 1. The number of hydrazine groups is 1. The van der Waals surface area contributed by atoms with Gasteiger partial charge in [0.15, 0.2) is 5.65 Å². The van der Waals surface area contributed by atoms with Crippen LogP contribution in [0.4, 0.5) is 11.8 Å². The molecule has 0 bridgehead atoms. The Bertz CT molecular complexity index is 559. The van der Waals surface area contributed by atoms with Crippen LogP contribution >= 0.6 is 0 Å². The zero-order valence-electron chi connectivity index (χ0n) is 11.5. The van der Waals surface area contributed by atoms with Crippen molar-refractivity contribution in [1.82, 2.24) is 20.2 Å². The number of H-pyrrole nitrogens is 1. The molecule has 0 amide bonds. The van der Waals surface area contributed by atoms with Crippen molar-refractivity contribution in [3.05, 3.63) is 6.20 Å². The Morgan fingerprint density at radius 3 is 2.90 bits per heavy atom. The number of aromatic nitrogens is 4. The summed E-state index contributed by atoms with van der Waals surface area (Å²) in [6.45, 7) is 0.923. The quantitative estimate of drug-likeness (QED) is 0.491. The lowest BCUT2D eigenvalue weighted by atomic mass is 9.87. The number of fused-ring (bicyclic) bond motifs is 1. The molecule has 2 aromatic rings. The first-order chi connectivity index (χ1) is 9.86. The zero-order valence-corrected chi connectivity index (χ0v) is 11.5. The molecular weight excluding hydrogens is 254 g/mol. The Labute approximate surface area is 117 Å². The highest BCUT2D eigenvalue weighted by atomic mass is 15.3. The third-order valence-electron chi connectivity index (χ3n) is 4.01. The monoisotopic (exact) mass is 275 g/mol. The first-order valence-electron chi connectivity index (χ1n) is 7.28. The third kappa shape index (κ3) is 2.82. The first kappa shape index (κ1) is 13.1. The summed E-state index contributed by atoms with van der Waals surface area (Å²) in [5.41, 5.74) is 3.17. The van der Waals surface area contributed by atoms with Crippen molar-refractivity contribution in [2.75, 3.05) is 17.3 Å². The van der Waals surface area contributed by atoms with Gasteiger partial charge in [0, 0.05) is 6.54 Å². The molecule has 0 saturated heterocycles. The molecule has 1 saturated carbocycles. The predicted octanol–water partition coefficient (Wildman–Crippen LogP) is 2.02. The van der Waals surface area contributed by atoms with Gasteiger partial charge in [-0.3, -0.25) is 10.5 Å². The summed E-state index contributed by atoms with van der Waals surface area (Å²) in [5, 5.41) is 11.1. The second-order valence-electron chi connectivity index (χ2n) is 5.39. The van der Waals surface area contributed by atoms with Gasteiger partial charge in [0.1, 0.15) is 5.82 Å². The lowest BCUT2D eigenvalue weighted by Gasteiger charge is -2.21. The summed E-state index contributed by atoms with van der Waals surface area (Å²) in [5.74, 6) is 7.41. The Hall–Kier alpha value is -1.89. The maximum Gasteiger partial charge on any atom is 0.241 e. The van der Waals surface area contributed by atoms with Gasteiger partial charge in [0.2, 0.25) is 5.95 Å². The van der Waals surface area contributed by atoms with Gasteiger partial charge in [0.25, 0.3) is 0 Å². The van der Waals surface area contributed by atoms with Gasteiger partial charge < -0.3 is 5.32 Å². The molecular formula is C13H21N7. The van der Waals surface area contributed by atoms with E-state index in [1.165, 1.54) is 38.5 Å². The van der Waals surface area contributed by atoms with Crippen molar-refractivity contribution in [2.24, 2.45) is 11.8 Å². The summed E-state index contributed by atoms with van der Waals surface area (Å²) in [6.07, 6.45) is 9.81. The predicted molar refractivity (Wildman–Crippen MR) is 79.2 cm³/mol.